The molecule has 0 aliphatic heterocycles. The van der Waals surface area contributed by atoms with Gasteiger partial charge in [-0.15, -0.1) is 0 Å². The van der Waals surface area contributed by atoms with Crippen molar-refractivity contribution < 1.29 is 14.7 Å². The highest BCUT2D eigenvalue weighted by atomic mass is 16.4. The molecule has 0 heterocycles. The van der Waals surface area contributed by atoms with Gasteiger partial charge in [0.1, 0.15) is 0 Å². The van der Waals surface area contributed by atoms with Gasteiger partial charge in [0, 0.05) is 12.3 Å². The number of aliphatic carboxylic acids is 1. The Morgan fingerprint density at radius 3 is 2.55 bits per heavy atom. The maximum Gasteiger partial charge on any atom is 0.303 e. The van der Waals surface area contributed by atoms with Crippen LogP contribution in [0.25, 0.3) is 0 Å². The van der Waals surface area contributed by atoms with Crippen molar-refractivity contribution in [2.24, 2.45) is 17.8 Å². The third-order valence-corrected chi connectivity index (χ3v) is 4.78. The van der Waals surface area contributed by atoms with Gasteiger partial charge in [-0.05, 0) is 36.7 Å². The Labute approximate surface area is 130 Å². The summed E-state index contributed by atoms with van der Waals surface area (Å²) in [6.07, 6.45) is 6.86. The maximum absolute atomic E-state index is 12.6. The van der Waals surface area contributed by atoms with Gasteiger partial charge in [-0.25, -0.2) is 0 Å². The lowest BCUT2D eigenvalue weighted by molar-refractivity contribution is -0.137. The highest BCUT2D eigenvalue weighted by Gasteiger charge is 2.40. The fourth-order valence-electron chi connectivity index (χ4n) is 3.64. The number of carboxylic acids is 1. The number of benzene rings is 1. The zero-order valence-corrected chi connectivity index (χ0v) is 12.4. The Hall–Kier alpha value is -2.10. The van der Waals surface area contributed by atoms with E-state index in [0.29, 0.717) is 18.3 Å². The number of allylic oxidation sites excluding steroid dienone is 2. The van der Waals surface area contributed by atoms with Crippen molar-refractivity contribution >= 4 is 11.9 Å². The molecule has 2 aliphatic carbocycles. The molecule has 116 valence electrons. The van der Waals surface area contributed by atoms with Gasteiger partial charge in [-0.2, -0.15) is 0 Å². The molecule has 3 rings (SSSR count). The van der Waals surface area contributed by atoms with E-state index in [-0.39, 0.29) is 24.3 Å². The van der Waals surface area contributed by atoms with Gasteiger partial charge in [-0.1, -0.05) is 42.5 Å². The fraction of sp³-hybridized carbons (Fsp3) is 0.444. The van der Waals surface area contributed by atoms with Crippen LogP contribution in [0.4, 0.5) is 0 Å². The molecule has 0 spiro atoms. The lowest BCUT2D eigenvalue weighted by Gasteiger charge is -2.23. The van der Waals surface area contributed by atoms with E-state index in [1.165, 1.54) is 0 Å². The Bertz CT molecular complexity index is 581. The molecule has 1 aromatic rings. The summed E-state index contributed by atoms with van der Waals surface area (Å²) in [6.45, 7) is 0. The molecule has 4 atom stereocenters. The number of rotatable bonds is 6. The average molecular weight is 299 g/mol. The summed E-state index contributed by atoms with van der Waals surface area (Å²) in [5, 5.41) is 12.0. The van der Waals surface area contributed by atoms with E-state index in [1.54, 1.807) is 0 Å². The normalized spacial score (nSPS) is 26.8. The third-order valence-electron chi connectivity index (χ3n) is 4.78. The summed E-state index contributed by atoms with van der Waals surface area (Å²) in [5.41, 5.74) is 0.968. The van der Waals surface area contributed by atoms with Crippen LogP contribution >= 0.6 is 0 Å². The van der Waals surface area contributed by atoms with Crippen LogP contribution in [0.1, 0.15) is 37.3 Å². The molecule has 0 radical (unpaired) electrons. The molecular formula is C18H21NO3. The molecule has 1 aromatic carbocycles. The van der Waals surface area contributed by atoms with Crippen molar-refractivity contribution in [3.05, 3.63) is 48.0 Å². The van der Waals surface area contributed by atoms with Crippen molar-refractivity contribution in [3.8, 4) is 0 Å². The molecule has 4 nitrogen and oxygen atoms in total. The van der Waals surface area contributed by atoms with Crippen molar-refractivity contribution in [1.29, 1.82) is 0 Å². The largest absolute Gasteiger partial charge is 0.481 e. The first kappa shape index (κ1) is 14.8. The van der Waals surface area contributed by atoms with Crippen molar-refractivity contribution in [1.82, 2.24) is 5.32 Å². The second-order valence-corrected chi connectivity index (χ2v) is 6.29. The summed E-state index contributed by atoms with van der Waals surface area (Å²) in [7, 11) is 0. The van der Waals surface area contributed by atoms with Crippen molar-refractivity contribution in [2.45, 2.75) is 31.7 Å². The van der Waals surface area contributed by atoms with Gasteiger partial charge in [0.05, 0.1) is 6.04 Å². The van der Waals surface area contributed by atoms with E-state index in [0.717, 1.165) is 18.4 Å². The Morgan fingerprint density at radius 1 is 1.18 bits per heavy atom. The SMILES string of the molecule is O=C(O)CCC(NC(=O)C1CC2C=CC1C2)c1ccccc1. The minimum absolute atomic E-state index is 0.0473. The summed E-state index contributed by atoms with van der Waals surface area (Å²) in [4.78, 5) is 23.4. The first-order chi connectivity index (χ1) is 10.6. The minimum Gasteiger partial charge on any atom is -0.481 e. The van der Waals surface area contributed by atoms with Crippen molar-refractivity contribution in [2.75, 3.05) is 0 Å². The summed E-state index contributed by atoms with van der Waals surface area (Å²) in [5.74, 6) is 0.191. The van der Waals surface area contributed by atoms with Crippen LogP contribution in [0, 0.1) is 17.8 Å². The molecule has 4 heteroatoms. The lowest BCUT2D eigenvalue weighted by Crippen LogP contribution is -2.36. The van der Waals surface area contributed by atoms with Crippen molar-refractivity contribution in [3.63, 3.8) is 0 Å². The molecule has 1 fully saturated rings. The monoisotopic (exact) mass is 299 g/mol. The molecule has 4 unspecified atom stereocenters. The molecular weight excluding hydrogens is 278 g/mol. The van der Waals surface area contributed by atoms with Gasteiger partial charge in [0.2, 0.25) is 5.91 Å². The molecule has 0 saturated heterocycles. The van der Waals surface area contributed by atoms with Crippen LogP contribution in [-0.2, 0) is 9.59 Å². The van der Waals surface area contributed by atoms with Crippen LogP contribution in [-0.4, -0.2) is 17.0 Å². The van der Waals surface area contributed by atoms with Gasteiger partial charge < -0.3 is 10.4 Å². The zero-order valence-electron chi connectivity index (χ0n) is 12.4. The second-order valence-electron chi connectivity index (χ2n) is 6.29. The molecule has 1 saturated carbocycles. The first-order valence-corrected chi connectivity index (χ1v) is 7.89. The standard InChI is InChI=1S/C18H21NO3/c20-17(21)9-8-16(13-4-2-1-3-5-13)19-18(22)15-11-12-6-7-14(15)10-12/h1-7,12,14-16H,8-11H2,(H,19,22)(H,20,21). The number of carbonyl (C=O) groups excluding carboxylic acids is 1. The number of amides is 1. The molecule has 2 bridgehead atoms. The van der Waals surface area contributed by atoms with E-state index in [4.69, 9.17) is 5.11 Å². The summed E-state index contributed by atoms with van der Waals surface area (Å²) in [6, 6.07) is 9.39. The maximum atomic E-state index is 12.6. The zero-order chi connectivity index (χ0) is 15.5. The van der Waals surface area contributed by atoms with Crippen LogP contribution < -0.4 is 5.32 Å². The van der Waals surface area contributed by atoms with E-state index in [1.807, 2.05) is 30.3 Å². The fourth-order valence-corrected chi connectivity index (χ4v) is 3.64. The van der Waals surface area contributed by atoms with E-state index < -0.39 is 5.97 Å². The van der Waals surface area contributed by atoms with Gasteiger partial charge in [0.25, 0.3) is 0 Å². The number of hydrogen-bond donors (Lipinski definition) is 2. The van der Waals surface area contributed by atoms with Gasteiger partial charge in [0.15, 0.2) is 0 Å². The first-order valence-electron chi connectivity index (χ1n) is 7.89. The molecule has 2 aliphatic rings. The van der Waals surface area contributed by atoms with Crippen LogP contribution in [0.15, 0.2) is 42.5 Å². The Balaban J connectivity index is 1.68. The minimum atomic E-state index is -0.835. The van der Waals surface area contributed by atoms with Gasteiger partial charge in [-0.3, -0.25) is 9.59 Å². The second kappa shape index (κ2) is 6.34. The highest BCUT2D eigenvalue weighted by Crippen LogP contribution is 2.43. The van der Waals surface area contributed by atoms with E-state index in [9.17, 15) is 9.59 Å². The average Bonchev–Trinajstić information content (AvgIpc) is 3.15. The number of carboxylic acid groups (broad SMARTS) is 1. The molecule has 22 heavy (non-hydrogen) atoms. The summed E-state index contributed by atoms with van der Waals surface area (Å²) >= 11 is 0. The predicted molar refractivity (Wildman–Crippen MR) is 83.0 cm³/mol. The Morgan fingerprint density at radius 2 is 1.95 bits per heavy atom. The highest BCUT2D eigenvalue weighted by molar-refractivity contribution is 5.80. The van der Waals surface area contributed by atoms with Crippen LogP contribution in [0.2, 0.25) is 0 Å². The van der Waals surface area contributed by atoms with Gasteiger partial charge >= 0.3 is 5.97 Å². The van der Waals surface area contributed by atoms with Crippen LogP contribution in [0.5, 0.6) is 0 Å². The molecule has 1 amide bonds. The predicted octanol–water partition coefficient (Wildman–Crippen LogP) is 2.92. The smallest absolute Gasteiger partial charge is 0.303 e. The summed E-state index contributed by atoms with van der Waals surface area (Å²) < 4.78 is 0. The number of fused-ring (bicyclic) bond motifs is 2. The van der Waals surface area contributed by atoms with E-state index >= 15 is 0 Å². The number of nitrogens with one attached hydrogen (secondary N) is 1. The lowest BCUT2D eigenvalue weighted by atomic mass is 9.91. The quantitative estimate of drug-likeness (QED) is 0.794. The molecule has 2 N–H and O–H groups in total. The van der Waals surface area contributed by atoms with Crippen LogP contribution in [0.3, 0.4) is 0 Å². The third kappa shape index (κ3) is 3.21. The Kier molecular flexibility index (Phi) is 4.27. The molecule has 0 aromatic heterocycles. The van der Waals surface area contributed by atoms with E-state index in [2.05, 4.69) is 17.5 Å². The number of hydrogen-bond acceptors (Lipinski definition) is 2. The topological polar surface area (TPSA) is 66.4 Å². The number of carbonyl (C=O) groups is 2.